The fraction of sp³-hybridized carbons (Fsp3) is 0.538. The third kappa shape index (κ3) is 7.08. The standard InChI is InChI=1S/C26H41N3/c1-8-12-14-22(9-2)23(10-3)15-13-16-25-21(7)29-20(6)19(5)26(25)24(11-4)17-28-18-27/h10-11,14,17H,8-9,12-13,15-16,18,27H2,1-7H3/b22-14-,23-10-,24-11+,28-17?. The first-order chi connectivity index (χ1) is 13.9. The molecule has 0 saturated carbocycles. The van der Waals surface area contributed by atoms with Crippen molar-refractivity contribution in [1.82, 2.24) is 4.98 Å². The van der Waals surface area contributed by atoms with Crippen molar-refractivity contribution >= 4 is 11.8 Å². The Bertz CT molecular complexity index is 780. The Morgan fingerprint density at radius 2 is 1.76 bits per heavy atom. The molecule has 0 bridgehead atoms. The maximum absolute atomic E-state index is 5.60. The van der Waals surface area contributed by atoms with E-state index in [4.69, 9.17) is 10.7 Å². The monoisotopic (exact) mass is 395 g/mol. The van der Waals surface area contributed by atoms with Crippen molar-refractivity contribution in [3.05, 3.63) is 57.5 Å². The second-order valence-electron chi connectivity index (χ2n) is 7.54. The largest absolute Gasteiger partial charge is 0.312 e. The first kappa shape index (κ1) is 25.0. The first-order valence-corrected chi connectivity index (χ1v) is 11.1. The van der Waals surface area contributed by atoms with Gasteiger partial charge in [0.1, 0.15) is 0 Å². The van der Waals surface area contributed by atoms with Gasteiger partial charge in [0, 0.05) is 17.6 Å². The molecule has 0 spiro atoms. The zero-order chi connectivity index (χ0) is 21.8. The van der Waals surface area contributed by atoms with Gasteiger partial charge >= 0.3 is 0 Å². The molecule has 1 aromatic rings. The number of nitrogens with two attached hydrogens (primary N) is 1. The molecular weight excluding hydrogens is 354 g/mol. The molecule has 0 aliphatic rings. The van der Waals surface area contributed by atoms with E-state index in [0.29, 0.717) is 6.67 Å². The normalized spacial score (nSPS) is 13.6. The second kappa shape index (κ2) is 13.3. The summed E-state index contributed by atoms with van der Waals surface area (Å²) in [5, 5.41) is 0. The minimum absolute atomic E-state index is 0.309. The molecule has 0 aromatic carbocycles. The highest BCUT2D eigenvalue weighted by Crippen LogP contribution is 2.29. The maximum Gasteiger partial charge on any atom is 0.0859 e. The van der Waals surface area contributed by atoms with E-state index < -0.39 is 0 Å². The third-order valence-corrected chi connectivity index (χ3v) is 5.62. The van der Waals surface area contributed by atoms with Crippen LogP contribution >= 0.6 is 0 Å². The van der Waals surface area contributed by atoms with Crippen LogP contribution in [0.25, 0.3) is 5.57 Å². The number of hydrogen-bond acceptors (Lipinski definition) is 3. The summed E-state index contributed by atoms with van der Waals surface area (Å²) in [6.07, 6.45) is 15.5. The van der Waals surface area contributed by atoms with Crippen molar-refractivity contribution in [1.29, 1.82) is 0 Å². The predicted molar refractivity (Wildman–Crippen MR) is 130 cm³/mol. The van der Waals surface area contributed by atoms with E-state index in [1.165, 1.54) is 34.3 Å². The summed E-state index contributed by atoms with van der Waals surface area (Å²) in [6, 6.07) is 0. The Morgan fingerprint density at radius 3 is 2.31 bits per heavy atom. The van der Waals surface area contributed by atoms with Gasteiger partial charge in [0.15, 0.2) is 0 Å². The van der Waals surface area contributed by atoms with Crippen molar-refractivity contribution in [3.63, 3.8) is 0 Å². The van der Waals surface area contributed by atoms with Crippen LogP contribution in [0.2, 0.25) is 0 Å². The minimum Gasteiger partial charge on any atom is -0.312 e. The van der Waals surface area contributed by atoms with E-state index in [1.807, 2.05) is 6.21 Å². The molecule has 1 aromatic heterocycles. The van der Waals surface area contributed by atoms with Crippen LogP contribution in [0.5, 0.6) is 0 Å². The number of unbranched alkanes of at least 4 members (excludes halogenated alkanes) is 1. The lowest BCUT2D eigenvalue weighted by Gasteiger charge is -2.18. The molecule has 1 heterocycles. The Morgan fingerprint density at radius 1 is 1.03 bits per heavy atom. The highest BCUT2D eigenvalue weighted by atomic mass is 14.8. The SMILES string of the molecule is C/C=C(CCCc1c(C)nc(C)c(C)c1/C(C=NCN)=C/C)\C(=C/CCC)CC. The smallest absolute Gasteiger partial charge is 0.0859 e. The van der Waals surface area contributed by atoms with Crippen LogP contribution in [-0.4, -0.2) is 17.9 Å². The molecular formula is C26H41N3. The van der Waals surface area contributed by atoms with Gasteiger partial charge in [0.25, 0.3) is 0 Å². The van der Waals surface area contributed by atoms with Gasteiger partial charge in [0.2, 0.25) is 0 Å². The summed E-state index contributed by atoms with van der Waals surface area (Å²) >= 11 is 0. The van der Waals surface area contributed by atoms with Crippen molar-refractivity contribution in [2.24, 2.45) is 10.7 Å². The van der Waals surface area contributed by atoms with Crippen molar-refractivity contribution in [2.75, 3.05) is 6.67 Å². The minimum atomic E-state index is 0.309. The maximum atomic E-state index is 5.60. The van der Waals surface area contributed by atoms with Crippen LogP contribution in [0.3, 0.4) is 0 Å². The molecule has 0 saturated heterocycles. The number of allylic oxidation sites excluding steroid dienone is 6. The Balaban J connectivity index is 3.16. The lowest BCUT2D eigenvalue weighted by atomic mass is 9.89. The van der Waals surface area contributed by atoms with Crippen molar-refractivity contribution in [2.45, 2.75) is 87.0 Å². The van der Waals surface area contributed by atoms with Crippen LogP contribution in [0.15, 0.2) is 34.4 Å². The quantitative estimate of drug-likeness (QED) is 0.331. The van der Waals surface area contributed by atoms with E-state index in [9.17, 15) is 0 Å². The number of rotatable bonds is 11. The zero-order valence-corrected chi connectivity index (χ0v) is 19.7. The molecule has 0 aliphatic heterocycles. The molecule has 0 radical (unpaired) electrons. The van der Waals surface area contributed by atoms with E-state index in [-0.39, 0.29) is 0 Å². The summed E-state index contributed by atoms with van der Waals surface area (Å²) in [5.41, 5.74) is 15.8. The Hall–Kier alpha value is -2.00. The molecule has 0 aliphatic carbocycles. The average Bonchev–Trinajstić information content (AvgIpc) is 2.72. The Kier molecular flexibility index (Phi) is 11.5. The van der Waals surface area contributed by atoms with Gasteiger partial charge in [-0.1, -0.05) is 38.5 Å². The summed E-state index contributed by atoms with van der Waals surface area (Å²) in [4.78, 5) is 9.11. The summed E-state index contributed by atoms with van der Waals surface area (Å²) in [5.74, 6) is 0. The average molecular weight is 396 g/mol. The topological polar surface area (TPSA) is 51.3 Å². The van der Waals surface area contributed by atoms with Gasteiger partial charge in [-0.05, 0) is 100 Å². The molecule has 0 fully saturated rings. The summed E-state index contributed by atoms with van der Waals surface area (Å²) in [7, 11) is 0. The van der Waals surface area contributed by atoms with Gasteiger partial charge in [-0.25, -0.2) is 0 Å². The number of pyridine rings is 1. The molecule has 29 heavy (non-hydrogen) atoms. The lowest BCUT2D eigenvalue weighted by Crippen LogP contribution is -2.07. The van der Waals surface area contributed by atoms with Crippen LogP contribution < -0.4 is 5.73 Å². The van der Waals surface area contributed by atoms with E-state index >= 15 is 0 Å². The number of aromatic nitrogens is 1. The number of aliphatic imine (C=N–C) groups is 1. The number of nitrogens with zero attached hydrogens (tertiary/aromatic N) is 2. The molecule has 1 rings (SSSR count). The van der Waals surface area contributed by atoms with Crippen LogP contribution in [0, 0.1) is 20.8 Å². The van der Waals surface area contributed by atoms with Crippen molar-refractivity contribution in [3.8, 4) is 0 Å². The van der Waals surface area contributed by atoms with Crippen LogP contribution in [0.4, 0.5) is 0 Å². The molecule has 3 heteroatoms. The fourth-order valence-electron chi connectivity index (χ4n) is 3.89. The summed E-state index contributed by atoms with van der Waals surface area (Å²) < 4.78 is 0. The van der Waals surface area contributed by atoms with E-state index in [2.05, 4.69) is 71.7 Å². The zero-order valence-electron chi connectivity index (χ0n) is 19.7. The summed E-state index contributed by atoms with van der Waals surface area (Å²) in [6.45, 7) is 15.4. The van der Waals surface area contributed by atoms with Crippen LogP contribution in [0.1, 0.15) is 87.9 Å². The van der Waals surface area contributed by atoms with E-state index in [0.717, 1.165) is 49.1 Å². The Labute approximate surface area is 178 Å². The number of hydrogen-bond donors (Lipinski definition) is 1. The van der Waals surface area contributed by atoms with E-state index in [1.54, 1.807) is 0 Å². The van der Waals surface area contributed by atoms with Gasteiger partial charge < -0.3 is 5.73 Å². The molecule has 2 N–H and O–H groups in total. The highest BCUT2D eigenvalue weighted by molar-refractivity contribution is 6.11. The van der Waals surface area contributed by atoms with Crippen molar-refractivity contribution < 1.29 is 0 Å². The molecule has 3 nitrogen and oxygen atoms in total. The van der Waals surface area contributed by atoms with Crippen LogP contribution in [-0.2, 0) is 6.42 Å². The van der Waals surface area contributed by atoms with Gasteiger partial charge in [-0.3, -0.25) is 9.98 Å². The highest BCUT2D eigenvalue weighted by Gasteiger charge is 2.16. The first-order valence-electron chi connectivity index (χ1n) is 11.1. The fourth-order valence-corrected chi connectivity index (χ4v) is 3.89. The molecule has 160 valence electrons. The molecule has 0 amide bonds. The molecule has 0 atom stereocenters. The molecule has 0 unspecified atom stereocenters. The van der Waals surface area contributed by atoms with Gasteiger partial charge in [-0.2, -0.15) is 0 Å². The third-order valence-electron chi connectivity index (χ3n) is 5.62. The second-order valence-corrected chi connectivity index (χ2v) is 7.54. The number of aryl methyl sites for hydroxylation is 2. The van der Waals surface area contributed by atoms with Gasteiger partial charge in [-0.15, -0.1) is 0 Å². The van der Waals surface area contributed by atoms with Gasteiger partial charge in [0.05, 0.1) is 6.67 Å². The predicted octanol–water partition coefficient (Wildman–Crippen LogP) is 6.80. The lowest BCUT2D eigenvalue weighted by molar-refractivity contribution is 0.790.